The second kappa shape index (κ2) is 6.45. The van der Waals surface area contributed by atoms with Crippen molar-refractivity contribution in [3.8, 4) is 0 Å². The number of carbonyl (C=O) groups is 1. The molecule has 0 aromatic rings. The minimum absolute atomic E-state index is 0.106. The predicted octanol–water partition coefficient (Wildman–Crippen LogP) is 2.02. The highest BCUT2D eigenvalue weighted by molar-refractivity contribution is 5.78. The van der Waals surface area contributed by atoms with Gasteiger partial charge in [0, 0.05) is 13.1 Å². The highest BCUT2D eigenvalue weighted by atomic mass is 19.3. The van der Waals surface area contributed by atoms with Crippen molar-refractivity contribution in [3.63, 3.8) is 0 Å². The van der Waals surface area contributed by atoms with E-state index in [2.05, 4.69) is 5.32 Å². The second-order valence-electron chi connectivity index (χ2n) is 5.47. The standard InChI is InChI=1S/C13H22F2N2O/c14-13(15)11-6-7-17(11)9-12(18)16-8-10-4-2-1-3-5-10/h10-11,13H,1-9H2,(H,16,18)/t11-/m1/s1. The van der Waals surface area contributed by atoms with Crippen LogP contribution in [0.2, 0.25) is 0 Å². The monoisotopic (exact) mass is 260 g/mol. The second-order valence-corrected chi connectivity index (χ2v) is 5.47. The summed E-state index contributed by atoms with van der Waals surface area (Å²) in [5.41, 5.74) is 0. The van der Waals surface area contributed by atoms with Crippen LogP contribution < -0.4 is 5.32 Å². The summed E-state index contributed by atoms with van der Waals surface area (Å²) in [7, 11) is 0. The lowest BCUT2D eigenvalue weighted by Gasteiger charge is -2.39. The Balaban J connectivity index is 1.63. The molecule has 2 rings (SSSR count). The number of hydrogen-bond acceptors (Lipinski definition) is 2. The number of rotatable bonds is 5. The highest BCUT2D eigenvalue weighted by Gasteiger charge is 2.36. The Kier molecular flexibility index (Phi) is 4.92. The molecule has 1 atom stereocenters. The normalized spacial score (nSPS) is 26.1. The third-order valence-corrected chi connectivity index (χ3v) is 4.13. The van der Waals surface area contributed by atoms with E-state index in [0.717, 1.165) is 0 Å². The van der Waals surface area contributed by atoms with E-state index >= 15 is 0 Å². The number of carbonyl (C=O) groups excluding carboxylic acids is 1. The number of nitrogens with one attached hydrogen (secondary N) is 1. The third-order valence-electron chi connectivity index (χ3n) is 4.13. The average Bonchev–Trinajstić information content (AvgIpc) is 2.32. The zero-order chi connectivity index (χ0) is 13.0. The summed E-state index contributed by atoms with van der Waals surface area (Å²) >= 11 is 0. The van der Waals surface area contributed by atoms with E-state index in [4.69, 9.17) is 0 Å². The molecule has 1 amide bonds. The van der Waals surface area contributed by atoms with Gasteiger partial charge in [0.1, 0.15) is 0 Å². The molecule has 0 bridgehead atoms. The molecule has 3 nitrogen and oxygen atoms in total. The van der Waals surface area contributed by atoms with Gasteiger partial charge in [0.05, 0.1) is 12.6 Å². The molecule has 2 aliphatic rings. The first-order chi connectivity index (χ1) is 8.66. The van der Waals surface area contributed by atoms with Crippen molar-refractivity contribution in [1.29, 1.82) is 0 Å². The number of nitrogens with zero attached hydrogens (tertiary/aromatic N) is 1. The zero-order valence-corrected chi connectivity index (χ0v) is 10.7. The summed E-state index contributed by atoms with van der Waals surface area (Å²) in [5.74, 6) is 0.482. The van der Waals surface area contributed by atoms with E-state index in [1.807, 2.05) is 0 Å². The number of likely N-dealkylation sites (tertiary alicyclic amines) is 1. The number of halogens is 2. The molecule has 1 heterocycles. The minimum atomic E-state index is -2.33. The van der Waals surface area contributed by atoms with Gasteiger partial charge < -0.3 is 5.32 Å². The van der Waals surface area contributed by atoms with Crippen LogP contribution in [-0.2, 0) is 4.79 Å². The molecule has 0 radical (unpaired) electrons. The topological polar surface area (TPSA) is 32.3 Å². The Morgan fingerprint density at radius 3 is 2.50 bits per heavy atom. The first-order valence-corrected chi connectivity index (χ1v) is 6.95. The minimum Gasteiger partial charge on any atom is -0.355 e. The van der Waals surface area contributed by atoms with E-state index in [1.54, 1.807) is 4.90 Å². The lowest BCUT2D eigenvalue weighted by molar-refractivity contribution is -0.126. The number of alkyl halides is 2. The summed E-state index contributed by atoms with van der Waals surface area (Å²) in [6.07, 6.45) is 4.35. The van der Waals surface area contributed by atoms with Crippen LogP contribution in [0, 0.1) is 5.92 Å². The van der Waals surface area contributed by atoms with Gasteiger partial charge in [-0.15, -0.1) is 0 Å². The van der Waals surface area contributed by atoms with E-state index in [9.17, 15) is 13.6 Å². The zero-order valence-electron chi connectivity index (χ0n) is 10.7. The van der Waals surface area contributed by atoms with Gasteiger partial charge in [-0.1, -0.05) is 19.3 Å². The maximum atomic E-state index is 12.5. The number of amides is 1. The lowest BCUT2D eigenvalue weighted by Crippen LogP contribution is -2.55. The fourth-order valence-corrected chi connectivity index (χ4v) is 2.83. The van der Waals surface area contributed by atoms with Crippen LogP contribution in [0.4, 0.5) is 8.78 Å². The van der Waals surface area contributed by atoms with Crippen molar-refractivity contribution in [2.75, 3.05) is 19.6 Å². The first-order valence-electron chi connectivity index (χ1n) is 6.95. The van der Waals surface area contributed by atoms with Gasteiger partial charge in [-0.25, -0.2) is 8.78 Å². The van der Waals surface area contributed by atoms with Crippen molar-refractivity contribution >= 4 is 5.91 Å². The first kappa shape index (κ1) is 13.7. The van der Waals surface area contributed by atoms with E-state index in [-0.39, 0.29) is 12.5 Å². The van der Waals surface area contributed by atoms with Gasteiger partial charge in [-0.05, 0) is 25.2 Å². The molecule has 1 N–H and O–H groups in total. The Labute approximate surface area is 107 Å². The van der Waals surface area contributed by atoms with Crippen LogP contribution in [0.15, 0.2) is 0 Å². The molecule has 1 saturated carbocycles. The summed E-state index contributed by atoms with van der Waals surface area (Å²) in [6, 6.07) is -0.703. The van der Waals surface area contributed by atoms with Gasteiger partial charge in [0.15, 0.2) is 0 Å². The molecule has 1 aliphatic heterocycles. The smallest absolute Gasteiger partial charge is 0.253 e. The van der Waals surface area contributed by atoms with E-state index in [0.29, 0.717) is 25.4 Å². The molecule has 5 heteroatoms. The fraction of sp³-hybridized carbons (Fsp3) is 0.923. The molecule has 0 aromatic carbocycles. The molecular weight excluding hydrogens is 238 g/mol. The average molecular weight is 260 g/mol. The molecule has 2 fully saturated rings. The van der Waals surface area contributed by atoms with Gasteiger partial charge in [0.2, 0.25) is 5.91 Å². The van der Waals surface area contributed by atoms with Crippen molar-refractivity contribution < 1.29 is 13.6 Å². The predicted molar refractivity (Wildman–Crippen MR) is 65.6 cm³/mol. The van der Waals surface area contributed by atoms with Crippen molar-refractivity contribution in [2.45, 2.75) is 51.0 Å². The molecular formula is C13H22F2N2O. The largest absolute Gasteiger partial charge is 0.355 e. The molecule has 1 saturated heterocycles. The Morgan fingerprint density at radius 2 is 1.94 bits per heavy atom. The molecule has 0 aromatic heterocycles. The summed E-state index contributed by atoms with van der Waals surface area (Å²) in [5, 5.41) is 2.89. The van der Waals surface area contributed by atoms with Crippen LogP contribution in [0.5, 0.6) is 0 Å². The summed E-state index contributed by atoms with van der Waals surface area (Å²) in [4.78, 5) is 13.2. The molecule has 0 unspecified atom stereocenters. The Bertz CT molecular complexity index is 280. The summed E-state index contributed by atoms with van der Waals surface area (Å²) < 4.78 is 25.0. The van der Waals surface area contributed by atoms with Gasteiger partial charge >= 0.3 is 0 Å². The Morgan fingerprint density at radius 1 is 1.22 bits per heavy atom. The SMILES string of the molecule is O=C(CN1CC[C@@H]1C(F)F)NCC1CCCCC1. The van der Waals surface area contributed by atoms with Gasteiger partial charge in [0.25, 0.3) is 6.43 Å². The molecule has 0 spiro atoms. The van der Waals surface area contributed by atoms with Crippen molar-refractivity contribution in [1.82, 2.24) is 10.2 Å². The third kappa shape index (κ3) is 3.64. The van der Waals surface area contributed by atoms with Crippen molar-refractivity contribution in [3.05, 3.63) is 0 Å². The fourth-order valence-electron chi connectivity index (χ4n) is 2.83. The van der Waals surface area contributed by atoms with Crippen molar-refractivity contribution in [2.24, 2.45) is 5.92 Å². The maximum absolute atomic E-state index is 12.5. The van der Waals surface area contributed by atoms with Crippen LogP contribution in [0.1, 0.15) is 38.5 Å². The van der Waals surface area contributed by atoms with Crippen LogP contribution in [0.25, 0.3) is 0 Å². The maximum Gasteiger partial charge on any atom is 0.253 e. The number of hydrogen-bond donors (Lipinski definition) is 1. The molecule has 1 aliphatic carbocycles. The van der Waals surface area contributed by atoms with E-state index in [1.165, 1.54) is 32.1 Å². The highest BCUT2D eigenvalue weighted by Crippen LogP contribution is 2.24. The molecule has 18 heavy (non-hydrogen) atoms. The van der Waals surface area contributed by atoms with E-state index < -0.39 is 12.5 Å². The van der Waals surface area contributed by atoms with Crippen LogP contribution in [0.3, 0.4) is 0 Å². The molecule has 104 valence electrons. The van der Waals surface area contributed by atoms with Crippen LogP contribution >= 0.6 is 0 Å². The lowest BCUT2D eigenvalue weighted by atomic mass is 9.89. The van der Waals surface area contributed by atoms with Gasteiger partial charge in [-0.3, -0.25) is 9.69 Å². The summed E-state index contributed by atoms with van der Waals surface area (Å²) in [6.45, 7) is 1.46. The Hall–Kier alpha value is -0.710. The van der Waals surface area contributed by atoms with Crippen LogP contribution in [-0.4, -0.2) is 42.9 Å². The van der Waals surface area contributed by atoms with Gasteiger partial charge in [-0.2, -0.15) is 0 Å². The quantitative estimate of drug-likeness (QED) is 0.820.